The van der Waals surface area contributed by atoms with E-state index in [0.717, 1.165) is 30.6 Å². The summed E-state index contributed by atoms with van der Waals surface area (Å²) in [6.07, 6.45) is 8.36. The van der Waals surface area contributed by atoms with Gasteiger partial charge >= 0.3 is 0 Å². The van der Waals surface area contributed by atoms with Crippen LogP contribution in [0.2, 0.25) is 0 Å². The van der Waals surface area contributed by atoms with Gasteiger partial charge in [0.1, 0.15) is 5.76 Å². The molecule has 1 aromatic heterocycles. The number of rotatable bonds is 11. The SMILES string of the molecule is CCCCCCCCN1C(=O)C(SCc2ccco2)=C(c2ccccc2)C1=O. The summed E-state index contributed by atoms with van der Waals surface area (Å²) in [6, 6.07) is 13.2. The van der Waals surface area contributed by atoms with Crippen molar-refractivity contribution in [3.8, 4) is 0 Å². The first-order valence-electron chi connectivity index (χ1n) is 10.0. The first kappa shape index (κ1) is 20.5. The first-order chi connectivity index (χ1) is 13.7. The van der Waals surface area contributed by atoms with Gasteiger partial charge in [-0.15, -0.1) is 11.8 Å². The molecular weight excluding hydrogens is 370 g/mol. The van der Waals surface area contributed by atoms with Crippen LogP contribution in [-0.2, 0) is 15.3 Å². The fourth-order valence-corrected chi connectivity index (χ4v) is 4.37. The highest BCUT2D eigenvalue weighted by Gasteiger charge is 2.38. The summed E-state index contributed by atoms with van der Waals surface area (Å²) >= 11 is 1.38. The van der Waals surface area contributed by atoms with E-state index in [1.54, 1.807) is 6.26 Å². The molecule has 2 heterocycles. The maximum Gasteiger partial charge on any atom is 0.267 e. The van der Waals surface area contributed by atoms with E-state index in [4.69, 9.17) is 4.42 Å². The Hall–Kier alpha value is -2.27. The number of carbonyl (C=O) groups is 2. The van der Waals surface area contributed by atoms with Crippen LogP contribution in [0, 0.1) is 0 Å². The summed E-state index contributed by atoms with van der Waals surface area (Å²) in [7, 11) is 0. The lowest BCUT2D eigenvalue weighted by Crippen LogP contribution is -2.32. The fourth-order valence-electron chi connectivity index (χ4n) is 3.34. The van der Waals surface area contributed by atoms with E-state index in [-0.39, 0.29) is 11.8 Å². The van der Waals surface area contributed by atoms with Gasteiger partial charge in [-0.3, -0.25) is 14.5 Å². The summed E-state index contributed by atoms with van der Waals surface area (Å²) in [4.78, 5) is 28.0. The normalized spacial score (nSPS) is 14.4. The molecule has 1 aliphatic heterocycles. The number of nitrogens with zero attached hydrogens (tertiary/aromatic N) is 1. The number of furan rings is 1. The van der Waals surface area contributed by atoms with Crippen molar-refractivity contribution in [1.29, 1.82) is 0 Å². The molecule has 1 aliphatic rings. The number of hydrogen-bond donors (Lipinski definition) is 0. The van der Waals surface area contributed by atoms with Gasteiger partial charge in [-0.1, -0.05) is 69.4 Å². The minimum Gasteiger partial charge on any atom is -0.468 e. The van der Waals surface area contributed by atoms with Crippen molar-refractivity contribution in [2.45, 2.75) is 51.2 Å². The van der Waals surface area contributed by atoms with Gasteiger partial charge in [0, 0.05) is 6.54 Å². The van der Waals surface area contributed by atoms with E-state index < -0.39 is 0 Å². The number of imide groups is 1. The van der Waals surface area contributed by atoms with Gasteiger partial charge in [0.05, 0.1) is 22.5 Å². The lowest BCUT2D eigenvalue weighted by molar-refractivity contribution is -0.136. The third-order valence-electron chi connectivity index (χ3n) is 4.86. The van der Waals surface area contributed by atoms with Crippen LogP contribution in [0.25, 0.3) is 5.57 Å². The lowest BCUT2D eigenvalue weighted by Gasteiger charge is -2.15. The molecule has 4 nitrogen and oxygen atoms in total. The number of thioether (sulfide) groups is 1. The van der Waals surface area contributed by atoms with E-state index in [1.807, 2.05) is 42.5 Å². The molecule has 1 aromatic carbocycles. The molecule has 28 heavy (non-hydrogen) atoms. The van der Waals surface area contributed by atoms with E-state index in [1.165, 1.54) is 35.9 Å². The van der Waals surface area contributed by atoms with Crippen molar-refractivity contribution < 1.29 is 14.0 Å². The summed E-state index contributed by atoms with van der Waals surface area (Å²) in [5, 5.41) is 0. The molecular formula is C23H27NO3S. The molecule has 0 saturated carbocycles. The highest BCUT2D eigenvalue weighted by Crippen LogP contribution is 2.37. The van der Waals surface area contributed by atoms with Crippen LogP contribution in [0.15, 0.2) is 58.1 Å². The number of amides is 2. The average Bonchev–Trinajstić information content (AvgIpc) is 3.31. The number of benzene rings is 1. The molecule has 0 bridgehead atoms. The molecule has 148 valence electrons. The van der Waals surface area contributed by atoms with E-state index >= 15 is 0 Å². The van der Waals surface area contributed by atoms with Gasteiger partial charge in [-0.2, -0.15) is 0 Å². The molecule has 0 saturated heterocycles. The second-order valence-corrected chi connectivity index (χ2v) is 7.95. The molecule has 2 amide bonds. The summed E-state index contributed by atoms with van der Waals surface area (Å²) in [5.41, 5.74) is 1.32. The highest BCUT2D eigenvalue weighted by molar-refractivity contribution is 8.03. The Morgan fingerprint density at radius 2 is 1.64 bits per heavy atom. The van der Waals surface area contributed by atoms with Gasteiger partial charge in [0.15, 0.2) is 0 Å². The van der Waals surface area contributed by atoms with Crippen molar-refractivity contribution in [2.24, 2.45) is 0 Å². The third kappa shape index (κ3) is 4.96. The van der Waals surface area contributed by atoms with E-state index in [9.17, 15) is 9.59 Å². The number of hydrogen-bond acceptors (Lipinski definition) is 4. The predicted octanol–water partition coefficient (Wildman–Crippen LogP) is 5.65. The monoisotopic (exact) mass is 397 g/mol. The Morgan fingerprint density at radius 1 is 0.893 bits per heavy atom. The molecule has 0 spiro atoms. The quantitative estimate of drug-likeness (QED) is 0.363. The standard InChI is InChI=1S/C23H27NO3S/c1-2-3-4-5-6-10-15-24-22(25)20(18-12-8-7-9-13-18)21(23(24)26)28-17-19-14-11-16-27-19/h7-9,11-14,16H,2-6,10,15,17H2,1H3. The van der Waals surface area contributed by atoms with Crippen LogP contribution < -0.4 is 0 Å². The molecule has 5 heteroatoms. The Kier molecular flexibility index (Phi) is 7.54. The van der Waals surface area contributed by atoms with Gasteiger partial charge in [0.25, 0.3) is 11.8 Å². The maximum atomic E-state index is 13.1. The largest absolute Gasteiger partial charge is 0.468 e. The van der Waals surface area contributed by atoms with E-state index in [0.29, 0.717) is 22.8 Å². The van der Waals surface area contributed by atoms with Gasteiger partial charge < -0.3 is 4.42 Å². The minimum absolute atomic E-state index is 0.172. The van der Waals surface area contributed by atoms with Crippen molar-refractivity contribution in [3.63, 3.8) is 0 Å². The molecule has 0 fully saturated rings. The average molecular weight is 398 g/mol. The number of unbranched alkanes of at least 4 members (excludes halogenated alkanes) is 5. The smallest absolute Gasteiger partial charge is 0.267 e. The van der Waals surface area contributed by atoms with Crippen molar-refractivity contribution in [2.75, 3.05) is 6.54 Å². The van der Waals surface area contributed by atoms with Gasteiger partial charge in [0.2, 0.25) is 0 Å². The topological polar surface area (TPSA) is 50.5 Å². The third-order valence-corrected chi connectivity index (χ3v) is 5.96. The molecule has 0 unspecified atom stereocenters. The second-order valence-electron chi connectivity index (χ2n) is 6.97. The zero-order valence-electron chi connectivity index (χ0n) is 16.4. The van der Waals surface area contributed by atoms with Crippen LogP contribution in [0.5, 0.6) is 0 Å². The van der Waals surface area contributed by atoms with E-state index in [2.05, 4.69) is 6.92 Å². The van der Waals surface area contributed by atoms with Crippen molar-refractivity contribution >= 4 is 29.1 Å². The van der Waals surface area contributed by atoms with Crippen LogP contribution in [0.3, 0.4) is 0 Å². The molecule has 0 radical (unpaired) electrons. The lowest BCUT2D eigenvalue weighted by atomic mass is 10.1. The Morgan fingerprint density at radius 3 is 2.36 bits per heavy atom. The highest BCUT2D eigenvalue weighted by atomic mass is 32.2. The molecule has 2 aromatic rings. The van der Waals surface area contributed by atoms with Gasteiger partial charge in [-0.05, 0) is 24.1 Å². The van der Waals surface area contributed by atoms with Crippen LogP contribution in [0.4, 0.5) is 0 Å². The minimum atomic E-state index is -0.174. The Balaban J connectivity index is 1.71. The predicted molar refractivity (Wildman–Crippen MR) is 113 cm³/mol. The number of carbonyl (C=O) groups excluding carboxylic acids is 2. The van der Waals surface area contributed by atoms with Crippen LogP contribution >= 0.6 is 11.8 Å². The molecule has 3 rings (SSSR count). The molecule has 0 atom stereocenters. The Labute approximate surface area is 171 Å². The summed E-state index contributed by atoms with van der Waals surface area (Å²) in [5.74, 6) is 0.975. The second kappa shape index (κ2) is 10.3. The fraction of sp³-hybridized carbons (Fsp3) is 0.391. The Bertz CT molecular complexity index is 812. The summed E-state index contributed by atoms with van der Waals surface area (Å²) in [6.45, 7) is 2.69. The van der Waals surface area contributed by atoms with Crippen molar-refractivity contribution in [3.05, 3.63) is 65.0 Å². The van der Waals surface area contributed by atoms with Crippen LogP contribution in [0.1, 0.15) is 56.8 Å². The zero-order chi connectivity index (χ0) is 19.8. The summed E-state index contributed by atoms with van der Waals surface area (Å²) < 4.78 is 5.38. The maximum absolute atomic E-state index is 13.1. The molecule has 0 N–H and O–H groups in total. The first-order valence-corrected chi connectivity index (χ1v) is 11.0. The van der Waals surface area contributed by atoms with Gasteiger partial charge in [-0.25, -0.2) is 0 Å². The van der Waals surface area contributed by atoms with Crippen molar-refractivity contribution in [1.82, 2.24) is 4.90 Å². The van der Waals surface area contributed by atoms with Crippen LogP contribution in [-0.4, -0.2) is 23.3 Å². The zero-order valence-corrected chi connectivity index (χ0v) is 17.2. The molecule has 0 aliphatic carbocycles.